The lowest BCUT2D eigenvalue weighted by molar-refractivity contribution is -0.180. The number of rotatable bonds is 9. The van der Waals surface area contributed by atoms with Crippen LogP contribution in [0, 0.1) is 47.3 Å². The largest absolute Gasteiger partial charge is 0.459 e. The normalized spacial score (nSPS) is 42.6. The van der Waals surface area contributed by atoms with E-state index in [0.29, 0.717) is 37.0 Å². The Morgan fingerprint density at radius 1 is 1.10 bits per heavy atom. The molecule has 1 aliphatic heterocycles. The fraction of sp³-hybridized carbons (Fsp3) is 0.852. The van der Waals surface area contributed by atoms with Gasteiger partial charge in [-0.05, 0) is 63.7 Å². The van der Waals surface area contributed by atoms with Gasteiger partial charge < -0.3 is 18.9 Å². The van der Waals surface area contributed by atoms with Crippen LogP contribution in [0.3, 0.4) is 0 Å². The van der Waals surface area contributed by atoms with Gasteiger partial charge in [-0.2, -0.15) is 17.2 Å². The van der Waals surface area contributed by atoms with Crippen LogP contribution in [0.4, 0.5) is 8.78 Å². The molecule has 41 heavy (non-hydrogen) atoms. The number of esters is 4. The van der Waals surface area contributed by atoms with Crippen LogP contribution >= 0.6 is 0 Å². The highest BCUT2D eigenvalue weighted by Crippen LogP contribution is 2.64. The van der Waals surface area contributed by atoms with Crippen LogP contribution in [-0.4, -0.2) is 66.0 Å². The van der Waals surface area contributed by atoms with Crippen LogP contribution in [0.5, 0.6) is 0 Å². The second-order valence-corrected chi connectivity index (χ2v) is 14.4. The minimum atomic E-state index is -5.82. The molecule has 11 nitrogen and oxygen atoms in total. The monoisotopic (exact) mass is 604 g/mol. The van der Waals surface area contributed by atoms with Crippen LogP contribution < -0.4 is 0 Å². The van der Waals surface area contributed by atoms with E-state index in [1.807, 2.05) is 6.92 Å². The summed E-state index contributed by atoms with van der Waals surface area (Å²) in [5.41, 5.74) is -0.590. The molecule has 0 spiro atoms. The Balaban J connectivity index is 1.07. The van der Waals surface area contributed by atoms with Gasteiger partial charge in [-0.25, -0.2) is 0 Å². The van der Waals surface area contributed by atoms with Crippen molar-refractivity contribution >= 4 is 34.0 Å². The Hall–Kier alpha value is -2.35. The summed E-state index contributed by atoms with van der Waals surface area (Å²) in [4.78, 5) is 51.0. The number of carbonyl (C=O) groups is 4. The summed E-state index contributed by atoms with van der Waals surface area (Å²) in [5.74, 6) is -3.33. The Bertz CT molecular complexity index is 1270. The van der Waals surface area contributed by atoms with Gasteiger partial charge in [0, 0.05) is 17.8 Å². The molecule has 1 N–H and O–H groups in total. The molecular formula is C27H34F2O11S. The Morgan fingerprint density at radius 3 is 2.49 bits per heavy atom. The van der Waals surface area contributed by atoms with Gasteiger partial charge in [0.25, 0.3) is 0 Å². The SMILES string of the molecule is CC(OC(=O)CCC(=O)OC1C2CC3C1OC(=O)C3C2C(=O)OC1(C)CC2CC1C1CCCC21)C(F)(F)S(=O)(=O)O. The van der Waals surface area contributed by atoms with Gasteiger partial charge in [0.15, 0.2) is 6.10 Å². The Morgan fingerprint density at radius 2 is 1.78 bits per heavy atom. The van der Waals surface area contributed by atoms with E-state index >= 15 is 0 Å². The number of hydrogen-bond donors (Lipinski definition) is 1. The number of fused-ring (bicyclic) bond motifs is 6. The highest BCUT2D eigenvalue weighted by Gasteiger charge is 2.71. The van der Waals surface area contributed by atoms with Gasteiger partial charge >= 0.3 is 39.2 Å². The van der Waals surface area contributed by atoms with Crippen molar-refractivity contribution < 1.29 is 59.9 Å². The molecular weight excluding hydrogens is 570 g/mol. The maximum Gasteiger partial charge on any atom is 0.405 e. The van der Waals surface area contributed by atoms with E-state index in [1.165, 1.54) is 12.8 Å². The lowest BCUT2D eigenvalue weighted by atomic mass is 9.73. The summed E-state index contributed by atoms with van der Waals surface area (Å²) < 4.78 is 79.2. The third-order valence-electron chi connectivity index (χ3n) is 10.8. The Kier molecular flexibility index (Phi) is 6.72. The zero-order chi connectivity index (χ0) is 29.6. The van der Waals surface area contributed by atoms with E-state index in [9.17, 15) is 36.4 Å². The highest BCUT2D eigenvalue weighted by atomic mass is 32.2. The molecule has 6 rings (SSSR count). The summed E-state index contributed by atoms with van der Waals surface area (Å²) in [6.07, 6.45) is 0.477. The fourth-order valence-electron chi connectivity index (χ4n) is 9.22. The topological polar surface area (TPSA) is 160 Å². The summed E-state index contributed by atoms with van der Waals surface area (Å²) in [7, 11) is -5.82. The molecule has 0 aromatic heterocycles. The summed E-state index contributed by atoms with van der Waals surface area (Å²) in [6.45, 7) is 2.59. The van der Waals surface area contributed by atoms with E-state index in [4.69, 9.17) is 18.8 Å². The van der Waals surface area contributed by atoms with Crippen molar-refractivity contribution in [3.63, 3.8) is 0 Å². The lowest BCUT2D eigenvalue weighted by Crippen LogP contribution is -2.48. The van der Waals surface area contributed by atoms with Crippen molar-refractivity contribution in [1.29, 1.82) is 0 Å². The standard InChI is InChI=1S/C27H34F2O11S/c1-11(27(28,29)41(34,35)36)37-18(30)6-7-19(31)38-22-16-9-15-20(24(32)39-23(15)22)21(16)25(33)40-26(2)10-12-8-17(26)14-5-3-4-13(12)14/h11-17,20-23H,3-10H2,1-2H3,(H,34,35,36). The molecule has 6 aliphatic rings. The molecule has 12 atom stereocenters. The number of carbonyl (C=O) groups excluding carboxylic acids is 4. The van der Waals surface area contributed by atoms with Crippen LogP contribution in [0.15, 0.2) is 0 Å². The van der Waals surface area contributed by atoms with Crippen molar-refractivity contribution in [2.24, 2.45) is 47.3 Å². The predicted molar refractivity (Wildman–Crippen MR) is 131 cm³/mol. The molecule has 12 unspecified atom stereocenters. The summed E-state index contributed by atoms with van der Waals surface area (Å²) in [6, 6.07) is 0. The Labute approximate surface area is 235 Å². The molecule has 0 radical (unpaired) electrons. The molecule has 0 aromatic carbocycles. The zero-order valence-electron chi connectivity index (χ0n) is 22.7. The molecule has 0 aromatic rings. The van der Waals surface area contributed by atoms with Gasteiger partial charge in [0.2, 0.25) is 0 Å². The highest BCUT2D eigenvalue weighted by molar-refractivity contribution is 7.86. The van der Waals surface area contributed by atoms with Crippen LogP contribution in [-0.2, 0) is 48.2 Å². The molecule has 5 saturated carbocycles. The minimum Gasteiger partial charge on any atom is -0.459 e. The van der Waals surface area contributed by atoms with E-state index in [1.54, 1.807) is 0 Å². The summed E-state index contributed by atoms with van der Waals surface area (Å²) in [5, 5.41) is -4.73. The molecule has 5 aliphatic carbocycles. The lowest BCUT2D eigenvalue weighted by Gasteiger charge is -2.41. The second kappa shape index (κ2) is 9.58. The first-order chi connectivity index (χ1) is 19.1. The van der Waals surface area contributed by atoms with Crippen LogP contribution in [0.25, 0.3) is 0 Å². The van der Waals surface area contributed by atoms with Crippen molar-refractivity contribution in [3.8, 4) is 0 Å². The van der Waals surface area contributed by atoms with Crippen molar-refractivity contribution in [1.82, 2.24) is 0 Å². The first-order valence-electron chi connectivity index (χ1n) is 14.3. The molecule has 14 heteroatoms. The van der Waals surface area contributed by atoms with Gasteiger partial charge in [-0.15, -0.1) is 0 Å². The van der Waals surface area contributed by atoms with Gasteiger partial charge in [0.05, 0.1) is 24.7 Å². The first kappa shape index (κ1) is 28.8. The van der Waals surface area contributed by atoms with E-state index in [-0.39, 0.29) is 5.92 Å². The maximum absolute atomic E-state index is 13.6. The quantitative estimate of drug-likeness (QED) is 0.234. The molecule has 6 fully saturated rings. The third kappa shape index (κ3) is 4.45. The number of alkyl halides is 2. The van der Waals surface area contributed by atoms with E-state index in [0.717, 1.165) is 19.3 Å². The average molecular weight is 605 g/mol. The van der Waals surface area contributed by atoms with Crippen molar-refractivity contribution in [2.75, 3.05) is 0 Å². The molecule has 1 heterocycles. The summed E-state index contributed by atoms with van der Waals surface area (Å²) >= 11 is 0. The predicted octanol–water partition coefficient (Wildman–Crippen LogP) is 2.66. The van der Waals surface area contributed by atoms with Crippen LogP contribution in [0.1, 0.15) is 65.2 Å². The second-order valence-electron chi connectivity index (χ2n) is 12.9. The number of ether oxygens (including phenoxy) is 4. The average Bonchev–Trinajstić information content (AvgIpc) is 3.68. The van der Waals surface area contributed by atoms with Crippen LogP contribution in [0.2, 0.25) is 0 Å². The van der Waals surface area contributed by atoms with Crippen molar-refractivity contribution in [3.05, 3.63) is 0 Å². The zero-order valence-corrected chi connectivity index (χ0v) is 23.5. The van der Waals surface area contributed by atoms with E-state index < -0.39 is 93.8 Å². The molecule has 228 valence electrons. The minimum absolute atomic E-state index is 0.302. The van der Waals surface area contributed by atoms with Gasteiger partial charge in [-0.1, -0.05) is 6.42 Å². The molecule has 4 bridgehead atoms. The van der Waals surface area contributed by atoms with E-state index in [2.05, 4.69) is 4.74 Å². The molecule has 0 amide bonds. The first-order valence-corrected chi connectivity index (χ1v) is 15.7. The smallest absolute Gasteiger partial charge is 0.405 e. The van der Waals surface area contributed by atoms with Gasteiger partial charge in [-0.3, -0.25) is 23.7 Å². The number of hydrogen-bond acceptors (Lipinski definition) is 10. The van der Waals surface area contributed by atoms with Crippen molar-refractivity contribution in [2.45, 2.75) is 94.4 Å². The number of halogens is 2. The fourth-order valence-corrected chi connectivity index (χ4v) is 9.69. The third-order valence-corrected chi connectivity index (χ3v) is 11.9. The molecule has 1 saturated heterocycles. The maximum atomic E-state index is 13.6. The van der Waals surface area contributed by atoms with Gasteiger partial charge in [0.1, 0.15) is 17.8 Å².